The van der Waals surface area contributed by atoms with Crippen molar-refractivity contribution >= 4 is 23.1 Å². The maximum atomic E-state index is 14.0. The van der Waals surface area contributed by atoms with Crippen molar-refractivity contribution in [3.05, 3.63) is 94.8 Å². The summed E-state index contributed by atoms with van der Waals surface area (Å²) in [5, 5.41) is 11.2. The highest BCUT2D eigenvalue weighted by atomic mass is 19.2. The molecular formula is C26H22F2N2O4. The molecule has 0 aliphatic carbocycles. The molecule has 34 heavy (non-hydrogen) atoms. The van der Waals surface area contributed by atoms with Crippen LogP contribution in [-0.4, -0.2) is 28.4 Å². The van der Waals surface area contributed by atoms with E-state index in [2.05, 4.69) is 4.98 Å². The molecule has 174 valence electrons. The average molecular weight is 464 g/mol. The van der Waals surface area contributed by atoms with E-state index in [-0.39, 0.29) is 17.0 Å². The molecule has 1 atom stereocenters. The van der Waals surface area contributed by atoms with Crippen molar-refractivity contribution in [2.24, 2.45) is 0 Å². The minimum Gasteiger partial charge on any atom is -0.507 e. The minimum absolute atomic E-state index is 0.0322. The first-order valence-corrected chi connectivity index (χ1v) is 10.7. The third kappa shape index (κ3) is 4.14. The molecular weight excluding hydrogens is 442 g/mol. The van der Waals surface area contributed by atoms with Crippen LogP contribution >= 0.6 is 0 Å². The highest BCUT2D eigenvalue weighted by molar-refractivity contribution is 6.51. The topological polar surface area (TPSA) is 79.7 Å². The van der Waals surface area contributed by atoms with E-state index in [4.69, 9.17) is 4.74 Å². The summed E-state index contributed by atoms with van der Waals surface area (Å²) in [7, 11) is 0. The molecule has 2 heterocycles. The fourth-order valence-corrected chi connectivity index (χ4v) is 3.88. The molecule has 2 aromatic carbocycles. The summed E-state index contributed by atoms with van der Waals surface area (Å²) >= 11 is 0. The van der Waals surface area contributed by atoms with Gasteiger partial charge in [-0.15, -0.1) is 0 Å². The predicted molar refractivity (Wildman–Crippen MR) is 122 cm³/mol. The number of aliphatic hydroxyl groups excluding tert-OH is 1. The lowest BCUT2D eigenvalue weighted by Gasteiger charge is -2.24. The molecule has 1 aliphatic heterocycles. The van der Waals surface area contributed by atoms with E-state index in [1.165, 1.54) is 12.3 Å². The van der Waals surface area contributed by atoms with Crippen molar-refractivity contribution in [3.8, 4) is 5.75 Å². The second-order valence-electron chi connectivity index (χ2n) is 7.85. The van der Waals surface area contributed by atoms with Crippen LogP contribution in [0.1, 0.15) is 36.2 Å². The Labute approximate surface area is 195 Å². The summed E-state index contributed by atoms with van der Waals surface area (Å²) in [5.41, 5.74) is 1.10. The number of anilines is 1. The number of ketones is 1. The summed E-state index contributed by atoms with van der Waals surface area (Å²) in [6, 6.07) is 11.6. The van der Waals surface area contributed by atoms with Crippen molar-refractivity contribution < 1.29 is 28.2 Å². The molecule has 1 fully saturated rings. The second-order valence-corrected chi connectivity index (χ2v) is 7.85. The number of hydrogen-bond donors (Lipinski definition) is 1. The lowest BCUT2D eigenvalue weighted by molar-refractivity contribution is -0.132. The second kappa shape index (κ2) is 9.43. The van der Waals surface area contributed by atoms with Gasteiger partial charge in [-0.2, -0.15) is 0 Å². The third-order valence-corrected chi connectivity index (χ3v) is 5.50. The van der Waals surface area contributed by atoms with Gasteiger partial charge < -0.3 is 9.84 Å². The molecule has 0 spiro atoms. The Hall–Kier alpha value is -4.07. The van der Waals surface area contributed by atoms with Crippen LogP contribution in [0, 0.1) is 18.6 Å². The fourth-order valence-electron chi connectivity index (χ4n) is 3.88. The van der Waals surface area contributed by atoms with Gasteiger partial charge in [-0.1, -0.05) is 13.0 Å². The third-order valence-electron chi connectivity index (χ3n) is 5.50. The van der Waals surface area contributed by atoms with E-state index >= 15 is 0 Å². The standard InChI is InChI=1S/C26H22F2N2O4/c1-3-12-34-21-10-7-16(13-15(21)2)24(31)22-23(20-6-4-5-11-29-20)30(26(33)25(22)32)17-8-9-18(27)19(28)14-17/h4-11,13-14,23,31H,3,12H2,1-2H3/b24-22+. The summed E-state index contributed by atoms with van der Waals surface area (Å²) in [6.45, 7) is 4.32. The number of amides is 1. The average Bonchev–Trinajstić information content (AvgIpc) is 3.10. The van der Waals surface area contributed by atoms with Gasteiger partial charge in [0.25, 0.3) is 11.7 Å². The predicted octanol–water partition coefficient (Wildman–Crippen LogP) is 5.08. The number of aliphatic hydroxyl groups is 1. The summed E-state index contributed by atoms with van der Waals surface area (Å²) in [4.78, 5) is 31.4. The Balaban J connectivity index is 1.87. The molecule has 1 amide bonds. The maximum absolute atomic E-state index is 14.0. The van der Waals surface area contributed by atoms with Crippen LogP contribution in [0.15, 0.2) is 66.4 Å². The normalized spacial score (nSPS) is 17.3. The van der Waals surface area contributed by atoms with E-state index < -0.39 is 35.1 Å². The highest BCUT2D eigenvalue weighted by Crippen LogP contribution is 2.42. The first-order valence-electron chi connectivity index (χ1n) is 10.7. The number of carbonyl (C=O) groups excluding carboxylic acids is 2. The molecule has 1 unspecified atom stereocenters. The lowest BCUT2D eigenvalue weighted by atomic mass is 9.97. The van der Waals surface area contributed by atoms with Gasteiger partial charge in [-0.25, -0.2) is 8.78 Å². The van der Waals surface area contributed by atoms with Crippen molar-refractivity contribution in [3.63, 3.8) is 0 Å². The van der Waals surface area contributed by atoms with E-state index in [1.807, 2.05) is 6.92 Å². The van der Waals surface area contributed by atoms with Gasteiger partial charge in [0.2, 0.25) is 0 Å². The van der Waals surface area contributed by atoms with Crippen molar-refractivity contribution in [1.29, 1.82) is 0 Å². The molecule has 4 rings (SSSR count). The number of aromatic nitrogens is 1. The zero-order valence-corrected chi connectivity index (χ0v) is 18.6. The number of ether oxygens (including phenoxy) is 1. The van der Waals surface area contributed by atoms with Crippen LogP contribution in [-0.2, 0) is 9.59 Å². The smallest absolute Gasteiger partial charge is 0.300 e. The lowest BCUT2D eigenvalue weighted by Crippen LogP contribution is -2.30. The quantitative estimate of drug-likeness (QED) is 0.313. The number of hydrogen-bond acceptors (Lipinski definition) is 5. The monoisotopic (exact) mass is 464 g/mol. The Morgan fingerprint density at radius 1 is 1.09 bits per heavy atom. The number of nitrogens with zero attached hydrogens (tertiary/aromatic N) is 2. The molecule has 8 heteroatoms. The molecule has 0 saturated carbocycles. The van der Waals surface area contributed by atoms with E-state index in [1.54, 1.807) is 43.3 Å². The van der Waals surface area contributed by atoms with E-state index in [0.717, 1.165) is 29.0 Å². The summed E-state index contributed by atoms with van der Waals surface area (Å²) in [5.74, 6) is -3.95. The molecule has 6 nitrogen and oxygen atoms in total. The molecule has 1 aliphatic rings. The van der Waals surface area contributed by atoms with Crippen LogP contribution in [0.25, 0.3) is 5.76 Å². The van der Waals surface area contributed by atoms with E-state index in [0.29, 0.717) is 17.9 Å². The van der Waals surface area contributed by atoms with Crippen LogP contribution in [0.2, 0.25) is 0 Å². The Kier molecular flexibility index (Phi) is 6.40. The maximum Gasteiger partial charge on any atom is 0.300 e. The van der Waals surface area contributed by atoms with Crippen molar-refractivity contribution in [2.45, 2.75) is 26.3 Å². The zero-order chi connectivity index (χ0) is 24.4. The van der Waals surface area contributed by atoms with Gasteiger partial charge in [0, 0.05) is 23.5 Å². The Bertz CT molecular complexity index is 1290. The minimum atomic E-state index is -1.17. The van der Waals surface area contributed by atoms with Crippen LogP contribution < -0.4 is 9.64 Å². The van der Waals surface area contributed by atoms with Gasteiger partial charge in [0.15, 0.2) is 11.6 Å². The highest BCUT2D eigenvalue weighted by Gasteiger charge is 2.47. The molecule has 1 aromatic heterocycles. The number of Topliss-reactive ketones (excluding diaryl/α,β-unsaturated/α-hetero) is 1. The first-order chi connectivity index (χ1) is 16.3. The van der Waals surface area contributed by atoms with E-state index in [9.17, 15) is 23.5 Å². The largest absolute Gasteiger partial charge is 0.507 e. The Morgan fingerprint density at radius 2 is 1.88 bits per heavy atom. The SMILES string of the molecule is CCCOc1ccc(/C(O)=C2\C(=O)C(=O)N(c3ccc(F)c(F)c3)C2c2ccccn2)cc1C. The molecule has 3 aromatic rings. The molecule has 1 N–H and O–H groups in total. The van der Waals surface area contributed by atoms with Crippen LogP contribution in [0.5, 0.6) is 5.75 Å². The summed E-state index contributed by atoms with van der Waals surface area (Å²) in [6.07, 6.45) is 2.31. The molecule has 0 radical (unpaired) electrons. The zero-order valence-electron chi connectivity index (χ0n) is 18.6. The first kappa shape index (κ1) is 23.1. The number of pyridine rings is 1. The van der Waals surface area contributed by atoms with Crippen LogP contribution in [0.4, 0.5) is 14.5 Å². The van der Waals surface area contributed by atoms with Crippen molar-refractivity contribution in [2.75, 3.05) is 11.5 Å². The van der Waals surface area contributed by atoms with Gasteiger partial charge in [-0.05, 0) is 61.4 Å². The van der Waals surface area contributed by atoms with Gasteiger partial charge >= 0.3 is 0 Å². The molecule has 1 saturated heterocycles. The van der Waals surface area contributed by atoms with Gasteiger partial charge in [0.05, 0.1) is 17.9 Å². The fraction of sp³-hybridized carbons (Fsp3) is 0.192. The number of aryl methyl sites for hydroxylation is 1. The van der Waals surface area contributed by atoms with Gasteiger partial charge in [-0.3, -0.25) is 19.5 Å². The van der Waals surface area contributed by atoms with Crippen LogP contribution in [0.3, 0.4) is 0 Å². The van der Waals surface area contributed by atoms with Crippen molar-refractivity contribution in [1.82, 2.24) is 4.98 Å². The summed E-state index contributed by atoms with van der Waals surface area (Å²) < 4.78 is 33.2. The number of halogens is 2. The Morgan fingerprint density at radius 3 is 2.53 bits per heavy atom. The number of benzene rings is 2. The van der Waals surface area contributed by atoms with Gasteiger partial charge in [0.1, 0.15) is 17.6 Å². The number of carbonyl (C=O) groups is 2. The molecule has 0 bridgehead atoms. The number of rotatable bonds is 6.